The van der Waals surface area contributed by atoms with Crippen molar-refractivity contribution in [2.45, 2.75) is 117 Å². The summed E-state index contributed by atoms with van der Waals surface area (Å²) in [5, 5.41) is 0. The van der Waals surface area contributed by atoms with E-state index in [-0.39, 0.29) is 0 Å². The third-order valence-corrected chi connectivity index (χ3v) is 5.94. The number of hydrogen-bond donors (Lipinski definition) is 0. The summed E-state index contributed by atoms with van der Waals surface area (Å²) < 4.78 is 20.3. The maximum Gasteiger partial charge on any atom is 0.245 e. The molecule has 178 valence electrons. The van der Waals surface area contributed by atoms with E-state index in [2.05, 4.69) is 23.8 Å². The average Bonchev–Trinajstić information content (AvgIpc) is 2.79. The van der Waals surface area contributed by atoms with Crippen molar-refractivity contribution in [2.24, 2.45) is 0 Å². The van der Waals surface area contributed by atoms with Gasteiger partial charge in [-0.3, -0.25) is 0 Å². The molecule has 32 heavy (non-hydrogen) atoms. The van der Waals surface area contributed by atoms with Crippen molar-refractivity contribution in [3.8, 4) is 17.1 Å². The predicted octanol–water partition coefficient (Wildman–Crippen LogP) is 8.86. The summed E-state index contributed by atoms with van der Waals surface area (Å²) in [5.74, 6) is -0.399. The van der Waals surface area contributed by atoms with Gasteiger partial charge in [0.1, 0.15) is 5.75 Å². The van der Waals surface area contributed by atoms with Crippen LogP contribution in [0.25, 0.3) is 11.4 Å². The van der Waals surface area contributed by atoms with Crippen molar-refractivity contribution in [1.29, 1.82) is 0 Å². The molecule has 0 amide bonds. The Morgan fingerprint density at radius 2 is 1.28 bits per heavy atom. The van der Waals surface area contributed by atoms with Gasteiger partial charge in [-0.1, -0.05) is 78.1 Å². The number of aryl methyl sites for hydroxylation is 1. The highest BCUT2D eigenvalue weighted by Gasteiger charge is 2.24. The lowest BCUT2D eigenvalue weighted by Gasteiger charge is -2.22. The zero-order chi connectivity index (χ0) is 23.1. The van der Waals surface area contributed by atoms with Crippen LogP contribution in [0.3, 0.4) is 0 Å². The van der Waals surface area contributed by atoms with E-state index < -0.39 is 5.85 Å². The highest BCUT2D eigenvalue weighted by atomic mass is 19.2. The first kappa shape index (κ1) is 26.3. The van der Waals surface area contributed by atoms with Gasteiger partial charge in [0.15, 0.2) is 5.82 Å². The highest BCUT2D eigenvalue weighted by Crippen LogP contribution is 2.27. The van der Waals surface area contributed by atoms with Gasteiger partial charge in [0.2, 0.25) is 5.85 Å². The molecule has 0 aliphatic carbocycles. The maximum absolute atomic E-state index is 14.7. The lowest BCUT2D eigenvalue weighted by molar-refractivity contribution is -0.0530. The topological polar surface area (TPSA) is 35.0 Å². The highest BCUT2D eigenvalue weighted by molar-refractivity contribution is 5.55. The molecule has 2 rings (SSSR count). The fraction of sp³-hybridized carbons (Fsp3) is 0.643. The van der Waals surface area contributed by atoms with Crippen molar-refractivity contribution in [1.82, 2.24) is 9.97 Å². The van der Waals surface area contributed by atoms with Crippen molar-refractivity contribution in [3.05, 3.63) is 42.2 Å². The smallest absolute Gasteiger partial charge is 0.245 e. The summed E-state index contributed by atoms with van der Waals surface area (Å²) in [6.07, 6.45) is 20.0. The summed E-state index contributed by atoms with van der Waals surface area (Å²) in [6.45, 7) is 5.96. The summed E-state index contributed by atoms with van der Waals surface area (Å²) in [4.78, 5) is 9.06. The predicted molar refractivity (Wildman–Crippen MR) is 133 cm³/mol. The van der Waals surface area contributed by atoms with Crippen LogP contribution in [-0.4, -0.2) is 15.8 Å². The third kappa shape index (κ3) is 10.6. The number of halogens is 1. The first-order valence-corrected chi connectivity index (χ1v) is 12.8. The van der Waals surface area contributed by atoms with E-state index in [1.165, 1.54) is 76.7 Å². The number of ether oxygens (including phenoxy) is 1. The molecule has 0 spiro atoms. The lowest BCUT2D eigenvalue weighted by Crippen LogP contribution is -2.26. The fourth-order valence-corrected chi connectivity index (χ4v) is 3.93. The molecule has 1 aromatic heterocycles. The standard InChI is InChI=1S/C28H43FN2O/c1-4-6-8-10-11-12-14-16-24-22-30-27(31-23-24)25-17-19-26(20-18-25)32-28(3,29)21-15-13-9-7-5-2/h17-20,22-23H,4-16,21H2,1-3H3. The molecule has 0 fully saturated rings. The number of nitrogens with zero attached hydrogens (tertiary/aromatic N) is 2. The minimum Gasteiger partial charge on any atom is -0.458 e. The SMILES string of the molecule is CCCCCCCCCc1cnc(-c2ccc(OC(C)(F)CCCCCCC)cc2)nc1. The second-order valence-electron chi connectivity index (χ2n) is 9.18. The van der Waals surface area contributed by atoms with Crippen LogP contribution < -0.4 is 4.74 Å². The molecule has 4 heteroatoms. The minimum absolute atomic E-state index is 0.418. The molecule has 0 saturated carbocycles. The minimum atomic E-state index is -1.64. The van der Waals surface area contributed by atoms with Crippen LogP contribution in [0, 0.1) is 0 Å². The Morgan fingerprint density at radius 3 is 1.88 bits per heavy atom. The molecule has 2 aromatic rings. The first-order valence-electron chi connectivity index (χ1n) is 12.8. The Morgan fingerprint density at radius 1 is 0.750 bits per heavy atom. The second kappa shape index (κ2) is 15.0. The number of rotatable bonds is 17. The van der Waals surface area contributed by atoms with Gasteiger partial charge in [-0.2, -0.15) is 4.39 Å². The van der Waals surface area contributed by atoms with Crippen LogP contribution in [0.4, 0.5) is 4.39 Å². The van der Waals surface area contributed by atoms with Crippen LogP contribution in [0.15, 0.2) is 36.7 Å². The zero-order valence-electron chi connectivity index (χ0n) is 20.5. The van der Waals surface area contributed by atoms with E-state index in [9.17, 15) is 4.39 Å². The molecule has 0 aliphatic rings. The molecule has 0 radical (unpaired) electrons. The largest absolute Gasteiger partial charge is 0.458 e. The summed E-state index contributed by atoms with van der Waals surface area (Å²) in [5.41, 5.74) is 2.11. The quantitative estimate of drug-likeness (QED) is 0.229. The Hall–Kier alpha value is -1.97. The van der Waals surface area contributed by atoms with Crippen molar-refractivity contribution >= 4 is 0 Å². The van der Waals surface area contributed by atoms with Gasteiger partial charge in [0, 0.05) is 31.3 Å². The van der Waals surface area contributed by atoms with Gasteiger partial charge in [-0.05, 0) is 49.1 Å². The molecule has 0 aliphatic heterocycles. The molecule has 1 unspecified atom stereocenters. The van der Waals surface area contributed by atoms with E-state index in [4.69, 9.17) is 4.74 Å². The van der Waals surface area contributed by atoms with Crippen LogP contribution in [-0.2, 0) is 6.42 Å². The van der Waals surface area contributed by atoms with Gasteiger partial charge >= 0.3 is 0 Å². The lowest BCUT2D eigenvalue weighted by atomic mass is 10.1. The Balaban J connectivity index is 1.76. The Bertz CT molecular complexity index is 728. The number of benzene rings is 1. The summed E-state index contributed by atoms with van der Waals surface area (Å²) in [7, 11) is 0. The Labute approximate surface area is 195 Å². The molecule has 1 aromatic carbocycles. The van der Waals surface area contributed by atoms with E-state index in [0.29, 0.717) is 18.0 Å². The molecule has 0 bridgehead atoms. The second-order valence-corrected chi connectivity index (χ2v) is 9.18. The molecular weight excluding hydrogens is 399 g/mol. The van der Waals surface area contributed by atoms with E-state index >= 15 is 0 Å². The van der Waals surface area contributed by atoms with Crippen molar-refractivity contribution in [3.63, 3.8) is 0 Å². The van der Waals surface area contributed by atoms with Crippen LogP contribution in [0.2, 0.25) is 0 Å². The zero-order valence-corrected chi connectivity index (χ0v) is 20.5. The van der Waals surface area contributed by atoms with Crippen LogP contribution >= 0.6 is 0 Å². The number of hydrogen-bond acceptors (Lipinski definition) is 3. The average molecular weight is 443 g/mol. The summed E-state index contributed by atoms with van der Waals surface area (Å²) >= 11 is 0. The van der Waals surface area contributed by atoms with E-state index in [1.54, 1.807) is 12.1 Å². The molecular formula is C28H43FN2O. The van der Waals surface area contributed by atoms with Crippen LogP contribution in [0.5, 0.6) is 5.75 Å². The number of alkyl halides is 1. The monoisotopic (exact) mass is 442 g/mol. The van der Waals surface area contributed by atoms with Crippen molar-refractivity contribution in [2.75, 3.05) is 0 Å². The Kier molecular flexibility index (Phi) is 12.3. The molecule has 1 heterocycles. The number of aromatic nitrogens is 2. The van der Waals surface area contributed by atoms with Crippen LogP contribution in [0.1, 0.15) is 110 Å². The summed E-state index contributed by atoms with van der Waals surface area (Å²) in [6, 6.07) is 7.41. The first-order chi connectivity index (χ1) is 15.5. The molecule has 0 N–H and O–H groups in total. The van der Waals surface area contributed by atoms with E-state index in [0.717, 1.165) is 24.8 Å². The van der Waals surface area contributed by atoms with Gasteiger partial charge in [0.25, 0.3) is 0 Å². The maximum atomic E-state index is 14.7. The molecule has 1 atom stereocenters. The third-order valence-electron chi connectivity index (χ3n) is 5.94. The normalized spacial score (nSPS) is 13.1. The van der Waals surface area contributed by atoms with Gasteiger partial charge in [-0.25, -0.2) is 9.97 Å². The van der Waals surface area contributed by atoms with Crippen molar-refractivity contribution < 1.29 is 9.13 Å². The van der Waals surface area contributed by atoms with Gasteiger partial charge in [-0.15, -0.1) is 0 Å². The van der Waals surface area contributed by atoms with E-state index in [1.807, 2.05) is 24.5 Å². The molecule has 0 saturated heterocycles. The number of unbranched alkanes of at least 4 members (excludes halogenated alkanes) is 10. The van der Waals surface area contributed by atoms with Gasteiger partial charge < -0.3 is 4.74 Å². The van der Waals surface area contributed by atoms with Gasteiger partial charge in [0.05, 0.1) is 0 Å². The molecule has 3 nitrogen and oxygen atoms in total. The fourth-order valence-electron chi connectivity index (χ4n) is 3.93.